The van der Waals surface area contributed by atoms with Gasteiger partial charge in [-0.05, 0) is 38.4 Å². The van der Waals surface area contributed by atoms with Crippen molar-refractivity contribution in [1.82, 2.24) is 0 Å². The molecular weight excluding hydrogens is 194 g/mol. The Labute approximate surface area is 89.1 Å². The minimum atomic E-state index is 0.255. The first-order chi connectivity index (χ1) is 6.72. The van der Waals surface area contributed by atoms with Gasteiger partial charge in [-0.3, -0.25) is 0 Å². The van der Waals surface area contributed by atoms with Crippen molar-refractivity contribution in [3.8, 4) is 0 Å². The van der Waals surface area contributed by atoms with Crippen LogP contribution in [0.15, 0.2) is 6.07 Å². The molecule has 0 aliphatic carbocycles. The maximum absolute atomic E-state index is 5.76. The Balaban J connectivity index is 2.25. The number of ether oxygens (including phenoxy) is 1. The molecule has 0 saturated carbocycles. The summed E-state index contributed by atoms with van der Waals surface area (Å²) in [5.41, 5.74) is 7.10. The molecule has 0 spiro atoms. The lowest BCUT2D eigenvalue weighted by atomic mass is 9.96. The number of hydrogen-bond donors (Lipinski definition) is 1. The summed E-state index contributed by atoms with van der Waals surface area (Å²) >= 11 is 1.85. The molecule has 14 heavy (non-hydrogen) atoms. The molecule has 2 rings (SSSR count). The molecule has 0 amide bonds. The van der Waals surface area contributed by atoms with Crippen LogP contribution in [0.4, 0.5) is 0 Å². The van der Waals surface area contributed by atoms with E-state index in [1.807, 2.05) is 11.3 Å². The molecule has 1 aliphatic rings. The van der Waals surface area contributed by atoms with Gasteiger partial charge in [0.1, 0.15) is 0 Å². The van der Waals surface area contributed by atoms with E-state index in [-0.39, 0.29) is 6.10 Å². The maximum atomic E-state index is 5.76. The van der Waals surface area contributed by atoms with E-state index in [1.165, 1.54) is 15.3 Å². The van der Waals surface area contributed by atoms with Crippen molar-refractivity contribution in [1.29, 1.82) is 0 Å². The van der Waals surface area contributed by atoms with Crippen LogP contribution in [0.3, 0.4) is 0 Å². The minimum absolute atomic E-state index is 0.255. The summed E-state index contributed by atoms with van der Waals surface area (Å²) in [4.78, 5) is 2.75. The molecule has 2 N–H and O–H groups in total. The second-order valence-corrected chi connectivity index (χ2v) is 5.40. The highest BCUT2D eigenvalue weighted by Crippen LogP contribution is 2.38. The first-order valence-electron chi connectivity index (χ1n) is 5.11. The second kappa shape index (κ2) is 4.01. The molecule has 2 heterocycles. The summed E-state index contributed by atoms with van der Waals surface area (Å²) in [6.45, 7) is 5.91. The zero-order valence-electron chi connectivity index (χ0n) is 8.75. The average molecular weight is 211 g/mol. The Hall–Kier alpha value is -0.380. The smallest absolute Gasteiger partial charge is 0.0876 e. The third-order valence-electron chi connectivity index (χ3n) is 2.90. The van der Waals surface area contributed by atoms with E-state index in [9.17, 15) is 0 Å². The van der Waals surface area contributed by atoms with Gasteiger partial charge >= 0.3 is 0 Å². The number of hydrogen-bond acceptors (Lipinski definition) is 3. The molecular formula is C11H17NOS. The van der Waals surface area contributed by atoms with Crippen LogP contribution in [0.5, 0.6) is 0 Å². The van der Waals surface area contributed by atoms with E-state index in [0.29, 0.717) is 5.92 Å². The zero-order valence-corrected chi connectivity index (χ0v) is 9.56. The van der Waals surface area contributed by atoms with Gasteiger partial charge in [0.25, 0.3) is 0 Å². The van der Waals surface area contributed by atoms with Crippen molar-refractivity contribution in [2.45, 2.75) is 26.4 Å². The SMILES string of the molecule is Cc1cc(C2OCCC2CN)c(C)s1. The van der Waals surface area contributed by atoms with Crippen molar-refractivity contribution in [2.24, 2.45) is 11.7 Å². The normalized spacial score (nSPS) is 27.1. The molecule has 1 aliphatic heterocycles. The summed E-state index contributed by atoms with van der Waals surface area (Å²) in [5.74, 6) is 0.516. The van der Waals surface area contributed by atoms with Crippen LogP contribution in [-0.4, -0.2) is 13.2 Å². The molecule has 0 bridgehead atoms. The van der Waals surface area contributed by atoms with Gasteiger partial charge in [-0.1, -0.05) is 0 Å². The molecule has 1 saturated heterocycles. The first kappa shape index (κ1) is 10.1. The fraction of sp³-hybridized carbons (Fsp3) is 0.636. The first-order valence-corrected chi connectivity index (χ1v) is 5.92. The third kappa shape index (κ3) is 1.72. The summed E-state index contributed by atoms with van der Waals surface area (Å²) in [6, 6.07) is 2.25. The van der Waals surface area contributed by atoms with Crippen molar-refractivity contribution in [3.63, 3.8) is 0 Å². The number of aryl methyl sites for hydroxylation is 2. The highest BCUT2D eigenvalue weighted by molar-refractivity contribution is 7.12. The predicted octanol–water partition coefficient (Wildman–Crippen LogP) is 2.40. The number of thiophene rings is 1. The van der Waals surface area contributed by atoms with Gasteiger partial charge in [0.15, 0.2) is 0 Å². The lowest BCUT2D eigenvalue weighted by molar-refractivity contribution is 0.0923. The Morgan fingerprint density at radius 2 is 2.36 bits per heavy atom. The van der Waals surface area contributed by atoms with Crippen LogP contribution in [0.2, 0.25) is 0 Å². The lowest BCUT2D eigenvalue weighted by Gasteiger charge is -2.16. The third-order valence-corrected chi connectivity index (χ3v) is 3.88. The summed E-state index contributed by atoms with van der Waals surface area (Å²) in [7, 11) is 0. The van der Waals surface area contributed by atoms with Crippen LogP contribution in [0, 0.1) is 19.8 Å². The predicted molar refractivity (Wildman–Crippen MR) is 59.6 cm³/mol. The quantitative estimate of drug-likeness (QED) is 0.815. The Morgan fingerprint density at radius 1 is 1.57 bits per heavy atom. The van der Waals surface area contributed by atoms with Gasteiger partial charge in [-0.25, -0.2) is 0 Å². The Morgan fingerprint density at radius 3 is 2.93 bits per heavy atom. The molecule has 1 aromatic heterocycles. The van der Waals surface area contributed by atoms with Crippen molar-refractivity contribution in [2.75, 3.05) is 13.2 Å². The van der Waals surface area contributed by atoms with Crippen molar-refractivity contribution >= 4 is 11.3 Å². The van der Waals surface area contributed by atoms with E-state index in [2.05, 4.69) is 19.9 Å². The van der Waals surface area contributed by atoms with Crippen molar-refractivity contribution < 1.29 is 4.74 Å². The fourth-order valence-corrected chi connectivity index (χ4v) is 3.11. The van der Waals surface area contributed by atoms with Crippen LogP contribution in [-0.2, 0) is 4.74 Å². The fourth-order valence-electron chi connectivity index (χ4n) is 2.15. The molecule has 0 aromatic carbocycles. The molecule has 1 fully saturated rings. The zero-order chi connectivity index (χ0) is 10.1. The van der Waals surface area contributed by atoms with Crippen LogP contribution >= 0.6 is 11.3 Å². The molecule has 1 aromatic rings. The molecule has 2 atom stereocenters. The van der Waals surface area contributed by atoms with Crippen molar-refractivity contribution in [3.05, 3.63) is 21.4 Å². The highest BCUT2D eigenvalue weighted by atomic mass is 32.1. The summed E-state index contributed by atoms with van der Waals surface area (Å²) < 4.78 is 5.76. The van der Waals surface area contributed by atoms with E-state index in [0.717, 1.165) is 19.6 Å². The standard InChI is InChI=1S/C11H17NOS/c1-7-5-10(8(2)14-7)11-9(6-12)3-4-13-11/h5,9,11H,3-4,6,12H2,1-2H3. The van der Waals surface area contributed by atoms with Gasteiger partial charge in [0, 0.05) is 22.3 Å². The molecule has 2 unspecified atom stereocenters. The van der Waals surface area contributed by atoms with Gasteiger partial charge in [0.2, 0.25) is 0 Å². The largest absolute Gasteiger partial charge is 0.373 e. The van der Waals surface area contributed by atoms with E-state index in [4.69, 9.17) is 10.5 Å². The van der Waals surface area contributed by atoms with Crippen LogP contribution < -0.4 is 5.73 Å². The molecule has 0 radical (unpaired) electrons. The monoisotopic (exact) mass is 211 g/mol. The van der Waals surface area contributed by atoms with Gasteiger partial charge in [0.05, 0.1) is 6.10 Å². The summed E-state index contributed by atoms with van der Waals surface area (Å²) in [5, 5.41) is 0. The number of nitrogens with two attached hydrogens (primary N) is 1. The topological polar surface area (TPSA) is 35.2 Å². The lowest BCUT2D eigenvalue weighted by Crippen LogP contribution is -2.17. The van der Waals surface area contributed by atoms with Crippen LogP contribution in [0.25, 0.3) is 0 Å². The Kier molecular flexibility index (Phi) is 2.91. The molecule has 3 heteroatoms. The molecule has 78 valence electrons. The Bertz CT molecular complexity index is 321. The highest BCUT2D eigenvalue weighted by Gasteiger charge is 2.30. The van der Waals surface area contributed by atoms with Gasteiger partial charge in [-0.2, -0.15) is 0 Å². The van der Waals surface area contributed by atoms with E-state index >= 15 is 0 Å². The average Bonchev–Trinajstić information content (AvgIpc) is 2.71. The molecule has 2 nitrogen and oxygen atoms in total. The maximum Gasteiger partial charge on any atom is 0.0876 e. The van der Waals surface area contributed by atoms with E-state index < -0.39 is 0 Å². The number of rotatable bonds is 2. The van der Waals surface area contributed by atoms with Gasteiger partial charge in [-0.15, -0.1) is 11.3 Å². The van der Waals surface area contributed by atoms with Crippen LogP contribution in [0.1, 0.15) is 27.8 Å². The van der Waals surface area contributed by atoms with E-state index in [1.54, 1.807) is 0 Å². The minimum Gasteiger partial charge on any atom is -0.373 e. The summed E-state index contributed by atoms with van der Waals surface area (Å²) in [6.07, 6.45) is 1.36. The van der Waals surface area contributed by atoms with Gasteiger partial charge < -0.3 is 10.5 Å². The second-order valence-electron chi connectivity index (χ2n) is 3.94.